The Morgan fingerprint density at radius 2 is 2.00 bits per heavy atom. The first-order valence-electron chi connectivity index (χ1n) is 10.9. The van der Waals surface area contributed by atoms with Gasteiger partial charge >= 0.3 is 0 Å². The molecule has 4 rings (SSSR count). The van der Waals surface area contributed by atoms with Crippen molar-refractivity contribution in [1.29, 1.82) is 0 Å². The van der Waals surface area contributed by atoms with E-state index in [9.17, 15) is 9.18 Å². The van der Waals surface area contributed by atoms with E-state index >= 15 is 0 Å². The fourth-order valence-corrected chi connectivity index (χ4v) is 4.59. The average molecular weight is 470 g/mol. The van der Waals surface area contributed by atoms with Crippen LogP contribution in [0.5, 0.6) is 0 Å². The molecular weight excluding hydrogens is 441 g/mol. The van der Waals surface area contributed by atoms with E-state index in [1.165, 1.54) is 24.2 Å². The van der Waals surface area contributed by atoms with E-state index in [1.807, 2.05) is 36.0 Å². The summed E-state index contributed by atoms with van der Waals surface area (Å²) >= 11 is 1.25. The minimum Gasteiger partial charge on any atom is -0.378 e. The molecule has 1 unspecified atom stereocenters. The van der Waals surface area contributed by atoms with Crippen molar-refractivity contribution in [2.24, 2.45) is 0 Å². The van der Waals surface area contributed by atoms with Gasteiger partial charge in [0.2, 0.25) is 5.91 Å². The normalized spacial score (nSPS) is 15.5. The molecule has 1 aromatic heterocycles. The molecule has 2 heterocycles. The molecule has 3 aromatic rings. The number of carbonyl (C=O) groups excluding carboxylic acids is 1. The molecular formula is C24H28FN5O2S. The number of hydrogen-bond donors (Lipinski definition) is 0. The lowest BCUT2D eigenvalue weighted by molar-refractivity contribution is -0.130. The predicted octanol–water partition coefficient (Wildman–Crippen LogP) is 3.77. The quantitative estimate of drug-likeness (QED) is 0.445. The molecule has 2 aromatic carbocycles. The Morgan fingerprint density at radius 3 is 2.70 bits per heavy atom. The third-order valence-electron chi connectivity index (χ3n) is 5.58. The highest BCUT2D eigenvalue weighted by Gasteiger charge is 2.23. The van der Waals surface area contributed by atoms with Crippen LogP contribution in [0.1, 0.15) is 18.4 Å². The fraction of sp³-hybridized carbons (Fsp3) is 0.375. The summed E-state index contributed by atoms with van der Waals surface area (Å²) in [6.07, 6.45) is 3.49. The summed E-state index contributed by atoms with van der Waals surface area (Å²) in [6, 6.07) is 14.6. The second kappa shape index (κ2) is 10.8. The lowest BCUT2D eigenvalue weighted by atomic mass is 10.1. The molecule has 1 aliphatic heterocycles. The van der Waals surface area contributed by atoms with Gasteiger partial charge in [0.25, 0.3) is 0 Å². The van der Waals surface area contributed by atoms with Gasteiger partial charge in [0.05, 0.1) is 17.5 Å². The Hall–Kier alpha value is -2.91. The molecule has 0 bridgehead atoms. The van der Waals surface area contributed by atoms with E-state index in [-0.39, 0.29) is 23.6 Å². The van der Waals surface area contributed by atoms with Crippen molar-refractivity contribution in [3.05, 3.63) is 66.2 Å². The molecule has 1 atom stereocenters. The van der Waals surface area contributed by atoms with E-state index in [0.29, 0.717) is 23.9 Å². The van der Waals surface area contributed by atoms with Gasteiger partial charge in [0.15, 0.2) is 5.16 Å². The number of halogens is 1. The van der Waals surface area contributed by atoms with Gasteiger partial charge in [-0.1, -0.05) is 36.0 Å². The third kappa shape index (κ3) is 5.91. The van der Waals surface area contributed by atoms with Crippen LogP contribution in [0.25, 0.3) is 5.69 Å². The summed E-state index contributed by atoms with van der Waals surface area (Å²) in [5.41, 5.74) is 2.53. The van der Waals surface area contributed by atoms with Gasteiger partial charge in [-0.3, -0.25) is 9.36 Å². The second-order valence-corrected chi connectivity index (χ2v) is 9.14. The molecule has 174 valence electrons. The van der Waals surface area contributed by atoms with Crippen LogP contribution >= 0.6 is 11.8 Å². The van der Waals surface area contributed by atoms with Crippen LogP contribution in [-0.4, -0.2) is 64.7 Å². The van der Waals surface area contributed by atoms with E-state index in [4.69, 9.17) is 4.74 Å². The first-order chi connectivity index (χ1) is 16.0. The van der Waals surface area contributed by atoms with Gasteiger partial charge in [0, 0.05) is 39.5 Å². The lowest BCUT2D eigenvalue weighted by Gasteiger charge is -2.26. The number of aromatic nitrogens is 3. The van der Waals surface area contributed by atoms with Gasteiger partial charge in [-0.15, -0.1) is 10.2 Å². The van der Waals surface area contributed by atoms with Crippen molar-refractivity contribution < 1.29 is 13.9 Å². The zero-order valence-electron chi connectivity index (χ0n) is 18.9. The summed E-state index contributed by atoms with van der Waals surface area (Å²) in [5.74, 6) is -0.211. The van der Waals surface area contributed by atoms with E-state index in [1.54, 1.807) is 22.8 Å². The lowest BCUT2D eigenvalue weighted by Crippen LogP contribution is -2.38. The number of amides is 1. The number of anilines is 1. The first-order valence-corrected chi connectivity index (χ1v) is 11.9. The van der Waals surface area contributed by atoms with Crippen molar-refractivity contribution >= 4 is 23.4 Å². The second-order valence-electron chi connectivity index (χ2n) is 8.19. The Morgan fingerprint density at radius 1 is 1.21 bits per heavy atom. The molecule has 9 heteroatoms. The smallest absolute Gasteiger partial charge is 0.233 e. The minimum absolute atomic E-state index is 0.0183. The number of rotatable bonds is 9. The zero-order chi connectivity index (χ0) is 23.2. The molecule has 33 heavy (non-hydrogen) atoms. The molecule has 0 radical (unpaired) electrons. The Kier molecular flexibility index (Phi) is 7.61. The number of benzene rings is 2. The third-order valence-corrected chi connectivity index (χ3v) is 6.51. The standard InChI is InChI=1S/C24H28FN5O2S/c1-28(2)19-11-9-18(10-12-19)14-29(15-20-6-5-13-32-20)23(31)16-33-24-27-26-17-30(24)22-8-4-3-7-21(22)25/h3-4,7-12,17,20H,5-6,13-16H2,1-2H3. The van der Waals surface area contributed by atoms with Crippen LogP contribution in [0.2, 0.25) is 0 Å². The minimum atomic E-state index is -0.369. The molecule has 1 aliphatic rings. The van der Waals surface area contributed by atoms with Gasteiger partial charge in [0.1, 0.15) is 12.1 Å². The summed E-state index contributed by atoms with van der Waals surface area (Å²) in [4.78, 5) is 17.1. The molecule has 0 aliphatic carbocycles. The van der Waals surface area contributed by atoms with E-state index in [2.05, 4.69) is 22.3 Å². The maximum absolute atomic E-state index is 14.2. The summed E-state index contributed by atoms with van der Waals surface area (Å²) in [6.45, 7) is 1.80. The van der Waals surface area contributed by atoms with Crippen LogP contribution in [0.4, 0.5) is 10.1 Å². The number of nitrogens with zero attached hydrogens (tertiary/aromatic N) is 5. The first kappa shape index (κ1) is 23.3. The topological polar surface area (TPSA) is 63.5 Å². The zero-order valence-corrected chi connectivity index (χ0v) is 19.7. The highest BCUT2D eigenvalue weighted by molar-refractivity contribution is 7.99. The molecule has 0 saturated carbocycles. The Balaban J connectivity index is 1.45. The predicted molar refractivity (Wildman–Crippen MR) is 127 cm³/mol. The maximum Gasteiger partial charge on any atom is 0.233 e. The van der Waals surface area contributed by atoms with Crippen molar-refractivity contribution in [3.63, 3.8) is 0 Å². The summed E-state index contributed by atoms with van der Waals surface area (Å²) < 4.78 is 21.6. The Bertz CT molecular complexity index is 1070. The van der Waals surface area contributed by atoms with Gasteiger partial charge in [-0.05, 0) is 42.7 Å². The number of carbonyl (C=O) groups is 1. The monoisotopic (exact) mass is 469 g/mol. The van der Waals surface area contributed by atoms with Gasteiger partial charge < -0.3 is 14.5 Å². The van der Waals surface area contributed by atoms with Crippen LogP contribution in [0, 0.1) is 5.82 Å². The van der Waals surface area contributed by atoms with Gasteiger partial charge in [-0.25, -0.2) is 4.39 Å². The molecule has 7 nitrogen and oxygen atoms in total. The fourth-order valence-electron chi connectivity index (χ4n) is 3.76. The van der Waals surface area contributed by atoms with E-state index < -0.39 is 0 Å². The van der Waals surface area contributed by atoms with E-state index in [0.717, 1.165) is 30.7 Å². The molecule has 1 saturated heterocycles. The van der Waals surface area contributed by atoms with Crippen molar-refractivity contribution in [2.75, 3.05) is 37.9 Å². The van der Waals surface area contributed by atoms with Gasteiger partial charge in [-0.2, -0.15) is 0 Å². The number of para-hydroxylation sites is 1. The maximum atomic E-state index is 14.2. The summed E-state index contributed by atoms with van der Waals surface area (Å²) in [7, 11) is 4.00. The Labute approximate surface area is 197 Å². The largest absolute Gasteiger partial charge is 0.378 e. The van der Waals surface area contributed by atoms with Crippen molar-refractivity contribution in [2.45, 2.75) is 30.6 Å². The number of hydrogen-bond acceptors (Lipinski definition) is 6. The molecule has 1 fully saturated rings. The van der Waals surface area contributed by atoms with Crippen molar-refractivity contribution in [3.8, 4) is 5.69 Å². The van der Waals surface area contributed by atoms with Crippen LogP contribution in [0.15, 0.2) is 60.0 Å². The van der Waals surface area contributed by atoms with Crippen LogP contribution < -0.4 is 4.90 Å². The summed E-state index contributed by atoms with van der Waals surface area (Å²) in [5, 5.41) is 8.47. The SMILES string of the molecule is CN(C)c1ccc(CN(CC2CCCO2)C(=O)CSc2nncn2-c2ccccc2F)cc1. The van der Waals surface area contributed by atoms with Crippen molar-refractivity contribution in [1.82, 2.24) is 19.7 Å². The number of ether oxygens (including phenoxy) is 1. The highest BCUT2D eigenvalue weighted by atomic mass is 32.2. The highest BCUT2D eigenvalue weighted by Crippen LogP contribution is 2.23. The van der Waals surface area contributed by atoms with Crippen LogP contribution in [0.3, 0.4) is 0 Å². The average Bonchev–Trinajstić information content (AvgIpc) is 3.50. The molecule has 0 N–H and O–H groups in total. The number of thioether (sulfide) groups is 1. The molecule has 1 amide bonds. The molecule has 0 spiro atoms. The van der Waals surface area contributed by atoms with Crippen LogP contribution in [-0.2, 0) is 16.1 Å².